The summed E-state index contributed by atoms with van der Waals surface area (Å²) in [5, 5.41) is 37.5. The second-order valence-electron chi connectivity index (χ2n) is 3.79. The Morgan fingerprint density at radius 1 is 1.21 bits per heavy atom. The molecule has 0 spiro atoms. The molecule has 0 bridgehead atoms. The molecule has 4 N–H and O–H groups in total. The topological polar surface area (TPSA) is 84.2 Å². The third kappa shape index (κ3) is 2.24. The van der Waals surface area contributed by atoms with Crippen LogP contribution in [0.5, 0.6) is 0 Å². The van der Waals surface area contributed by atoms with Gasteiger partial charge < -0.3 is 20.4 Å². The lowest BCUT2D eigenvalue weighted by molar-refractivity contribution is -0.144. The van der Waals surface area contributed by atoms with E-state index < -0.39 is 24.4 Å². The van der Waals surface area contributed by atoms with E-state index in [9.17, 15) is 15.3 Å². The Bertz CT molecular complexity index is 178. The van der Waals surface area contributed by atoms with E-state index in [0.29, 0.717) is 13.1 Å². The molecule has 14 heavy (non-hydrogen) atoms. The van der Waals surface area contributed by atoms with Gasteiger partial charge in [-0.25, -0.2) is 0 Å². The third-order valence-corrected chi connectivity index (χ3v) is 2.73. The van der Waals surface area contributed by atoms with E-state index in [2.05, 4.69) is 0 Å². The number of piperidine rings is 1. The maximum atomic E-state index is 9.59. The van der Waals surface area contributed by atoms with Crippen LogP contribution in [-0.4, -0.2) is 69.4 Å². The first kappa shape index (κ1) is 11.9. The predicted octanol–water partition coefficient (Wildman–Crippen LogP) is -1.84. The minimum atomic E-state index is -1.15. The number of hydrogen-bond donors (Lipinski definition) is 4. The van der Waals surface area contributed by atoms with E-state index in [1.54, 1.807) is 0 Å². The first-order valence-corrected chi connectivity index (χ1v) is 5.01. The molecule has 5 heteroatoms. The summed E-state index contributed by atoms with van der Waals surface area (Å²) in [6.45, 7) is 2.78. The van der Waals surface area contributed by atoms with Crippen LogP contribution in [0.1, 0.15) is 13.3 Å². The van der Waals surface area contributed by atoms with Gasteiger partial charge in [0.05, 0.1) is 18.8 Å². The van der Waals surface area contributed by atoms with Crippen molar-refractivity contribution in [3.63, 3.8) is 0 Å². The fourth-order valence-corrected chi connectivity index (χ4v) is 1.92. The summed E-state index contributed by atoms with van der Waals surface area (Å²) in [6.07, 6.45) is -2.28. The van der Waals surface area contributed by atoms with Crippen molar-refractivity contribution < 1.29 is 20.4 Å². The maximum absolute atomic E-state index is 9.59. The van der Waals surface area contributed by atoms with E-state index in [0.717, 1.165) is 6.42 Å². The zero-order chi connectivity index (χ0) is 10.7. The number of rotatable bonds is 3. The van der Waals surface area contributed by atoms with Crippen molar-refractivity contribution in [1.82, 2.24) is 4.90 Å². The zero-order valence-electron chi connectivity index (χ0n) is 8.37. The highest BCUT2D eigenvalue weighted by molar-refractivity contribution is 4.93. The molecule has 1 rings (SSSR count). The highest BCUT2D eigenvalue weighted by Crippen LogP contribution is 2.18. The maximum Gasteiger partial charge on any atom is 0.109 e. The van der Waals surface area contributed by atoms with Crippen LogP contribution in [0.3, 0.4) is 0 Å². The second-order valence-corrected chi connectivity index (χ2v) is 3.79. The van der Waals surface area contributed by atoms with Gasteiger partial charge in [0.1, 0.15) is 12.2 Å². The van der Waals surface area contributed by atoms with Crippen LogP contribution in [0, 0.1) is 0 Å². The number of aliphatic hydroxyl groups is 4. The van der Waals surface area contributed by atoms with Crippen LogP contribution in [0.2, 0.25) is 0 Å². The monoisotopic (exact) mass is 205 g/mol. The van der Waals surface area contributed by atoms with Crippen LogP contribution in [0.4, 0.5) is 0 Å². The fraction of sp³-hybridized carbons (Fsp3) is 1.00. The Morgan fingerprint density at radius 2 is 1.86 bits per heavy atom. The molecule has 1 aliphatic heterocycles. The fourth-order valence-electron chi connectivity index (χ4n) is 1.92. The normalized spacial score (nSPS) is 40.1. The molecule has 0 aliphatic carbocycles. The number of nitrogens with zero attached hydrogens (tertiary/aromatic N) is 1. The largest absolute Gasteiger partial charge is 0.395 e. The molecule has 0 aromatic carbocycles. The van der Waals surface area contributed by atoms with Gasteiger partial charge in [0.15, 0.2) is 0 Å². The van der Waals surface area contributed by atoms with Crippen molar-refractivity contribution in [2.24, 2.45) is 0 Å². The highest BCUT2D eigenvalue weighted by Gasteiger charge is 2.40. The first-order chi connectivity index (χ1) is 6.61. The Kier molecular flexibility index (Phi) is 4.28. The highest BCUT2D eigenvalue weighted by atomic mass is 16.4. The minimum Gasteiger partial charge on any atom is -0.395 e. The van der Waals surface area contributed by atoms with Gasteiger partial charge in [-0.3, -0.25) is 4.90 Å². The molecule has 1 aliphatic rings. The third-order valence-electron chi connectivity index (χ3n) is 2.73. The molecule has 84 valence electrons. The van der Waals surface area contributed by atoms with Crippen molar-refractivity contribution in [3.05, 3.63) is 0 Å². The summed E-state index contributed by atoms with van der Waals surface area (Å²) in [6, 6.07) is -0.464. The average molecular weight is 205 g/mol. The van der Waals surface area contributed by atoms with Crippen molar-refractivity contribution >= 4 is 0 Å². The number of aliphatic hydroxyl groups excluding tert-OH is 4. The van der Waals surface area contributed by atoms with Crippen LogP contribution in [0.15, 0.2) is 0 Å². The van der Waals surface area contributed by atoms with Crippen molar-refractivity contribution in [3.8, 4) is 0 Å². The average Bonchev–Trinajstić information content (AvgIpc) is 2.16. The smallest absolute Gasteiger partial charge is 0.109 e. The lowest BCUT2D eigenvalue weighted by atomic mass is 9.94. The summed E-state index contributed by atoms with van der Waals surface area (Å²) >= 11 is 0. The predicted molar refractivity (Wildman–Crippen MR) is 50.8 cm³/mol. The van der Waals surface area contributed by atoms with Gasteiger partial charge in [-0.15, -0.1) is 0 Å². The molecule has 1 saturated heterocycles. The molecule has 0 amide bonds. The van der Waals surface area contributed by atoms with Gasteiger partial charge in [-0.2, -0.15) is 0 Å². The lowest BCUT2D eigenvalue weighted by Gasteiger charge is -2.43. The second kappa shape index (κ2) is 5.04. The lowest BCUT2D eigenvalue weighted by Crippen LogP contribution is -2.62. The Morgan fingerprint density at radius 3 is 2.36 bits per heavy atom. The summed E-state index contributed by atoms with van der Waals surface area (Å²) in [5.74, 6) is 0. The number of hydrogen-bond acceptors (Lipinski definition) is 5. The van der Waals surface area contributed by atoms with Gasteiger partial charge in [0.2, 0.25) is 0 Å². The summed E-state index contributed by atoms with van der Waals surface area (Å²) < 4.78 is 0. The van der Waals surface area contributed by atoms with Crippen molar-refractivity contribution in [2.45, 2.75) is 37.7 Å². The summed E-state index contributed by atoms with van der Waals surface area (Å²) in [5.41, 5.74) is 0. The number of likely N-dealkylation sites (tertiary alicyclic amines) is 1. The van der Waals surface area contributed by atoms with E-state index in [4.69, 9.17) is 5.11 Å². The molecule has 0 saturated carbocycles. The van der Waals surface area contributed by atoms with Crippen LogP contribution in [-0.2, 0) is 0 Å². The quantitative estimate of drug-likeness (QED) is 0.435. The first-order valence-electron chi connectivity index (χ1n) is 5.01. The Labute approximate surface area is 83.6 Å². The van der Waals surface area contributed by atoms with E-state index >= 15 is 0 Å². The van der Waals surface area contributed by atoms with Gasteiger partial charge in [0, 0.05) is 6.54 Å². The van der Waals surface area contributed by atoms with Crippen LogP contribution >= 0.6 is 0 Å². The Balaban J connectivity index is 2.66. The Hall–Kier alpha value is -0.200. The summed E-state index contributed by atoms with van der Waals surface area (Å²) in [4.78, 5) is 1.81. The number of β-amino-alcohol motifs (C(OH)–C–C–N with tert-alkyl or cyclic N) is 1. The molecule has 1 heterocycles. The van der Waals surface area contributed by atoms with Crippen LogP contribution < -0.4 is 0 Å². The van der Waals surface area contributed by atoms with Crippen molar-refractivity contribution in [1.29, 1.82) is 0 Å². The molecule has 0 radical (unpaired) electrons. The molecule has 1 fully saturated rings. The van der Waals surface area contributed by atoms with E-state index in [1.165, 1.54) is 0 Å². The van der Waals surface area contributed by atoms with Gasteiger partial charge in [-0.05, 0) is 13.0 Å². The standard InChI is InChI=1S/C9H19NO4/c1-2-3-10-4-7(12)9(14)8(13)6(10)5-11/h6-9,11-14H,2-5H2,1H3/t6?,7-,8-,9-/m1/s1. The van der Waals surface area contributed by atoms with E-state index in [1.807, 2.05) is 11.8 Å². The van der Waals surface area contributed by atoms with Crippen LogP contribution in [0.25, 0.3) is 0 Å². The zero-order valence-corrected chi connectivity index (χ0v) is 8.37. The van der Waals surface area contributed by atoms with Crippen molar-refractivity contribution in [2.75, 3.05) is 19.7 Å². The van der Waals surface area contributed by atoms with Gasteiger partial charge in [-0.1, -0.05) is 6.92 Å². The molecular weight excluding hydrogens is 186 g/mol. The summed E-state index contributed by atoms with van der Waals surface area (Å²) in [7, 11) is 0. The molecular formula is C9H19NO4. The van der Waals surface area contributed by atoms with Gasteiger partial charge in [0.25, 0.3) is 0 Å². The van der Waals surface area contributed by atoms with Gasteiger partial charge >= 0.3 is 0 Å². The van der Waals surface area contributed by atoms with E-state index in [-0.39, 0.29) is 6.61 Å². The minimum absolute atomic E-state index is 0.203. The molecule has 5 nitrogen and oxygen atoms in total. The molecule has 0 aromatic heterocycles. The molecule has 1 unspecified atom stereocenters. The molecule has 4 atom stereocenters. The molecule has 0 aromatic rings. The SMILES string of the molecule is CCCN1C[C@@H](O)[C@@H](O)[C@H](O)C1CO.